The summed E-state index contributed by atoms with van der Waals surface area (Å²) in [5, 5.41) is 0. The van der Waals surface area contributed by atoms with Gasteiger partial charge in [-0.1, -0.05) is 41.5 Å². The van der Waals surface area contributed by atoms with Crippen LogP contribution >= 0.6 is 0 Å². The Labute approximate surface area is 183 Å². The molecule has 2 amide bonds. The lowest BCUT2D eigenvalue weighted by Crippen LogP contribution is -2.45. The van der Waals surface area contributed by atoms with Gasteiger partial charge in [-0.2, -0.15) is 0 Å². The molecule has 1 aromatic rings. The van der Waals surface area contributed by atoms with Crippen LogP contribution in [0, 0.1) is 17.3 Å². The second-order valence-corrected chi connectivity index (χ2v) is 10.2. The van der Waals surface area contributed by atoms with Gasteiger partial charge in [-0.25, -0.2) is 0 Å². The maximum absolute atomic E-state index is 13.2. The quantitative estimate of drug-likeness (QED) is 0.513. The Kier molecular flexibility index (Phi) is 10.6. The van der Waals surface area contributed by atoms with Gasteiger partial charge in [-0.3, -0.25) is 9.59 Å². The fraction of sp³-hybridized carbons (Fsp3) is 0.750. The third-order valence-corrected chi connectivity index (χ3v) is 5.07. The van der Waals surface area contributed by atoms with Crippen LogP contribution in [0.15, 0.2) is 18.3 Å². The monoisotopic (exact) mass is 421 g/mol. The Morgan fingerprint density at radius 1 is 1.13 bits per heavy atom. The second-order valence-electron chi connectivity index (χ2n) is 10.2. The number of rotatable bonds is 12. The van der Waals surface area contributed by atoms with Crippen molar-refractivity contribution in [1.82, 2.24) is 14.4 Å². The molecule has 0 aliphatic heterocycles. The molecule has 1 rings (SSSR count). The predicted molar refractivity (Wildman–Crippen MR) is 122 cm³/mol. The number of methoxy groups -OCH3 is 1. The summed E-state index contributed by atoms with van der Waals surface area (Å²) < 4.78 is 7.22. The van der Waals surface area contributed by atoms with Crippen LogP contribution in [-0.2, 0) is 27.9 Å². The van der Waals surface area contributed by atoms with Gasteiger partial charge in [-0.05, 0) is 35.8 Å². The maximum atomic E-state index is 13.2. The minimum atomic E-state index is -0.0364. The molecule has 0 N–H and O–H groups in total. The lowest BCUT2D eigenvalue weighted by atomic mass is 9.84. The largest absolute Gasteiger partial charge is 0.383 e. The van der Waals surface area contributed by atoms with Crippen LogP contribution in [0.1, 0.15) is 60.1 Å². The Morgan fingerprint density at radius 3 is 2.30 bits per heavy atom. The van der Waals surface area contributed by atoms with Crippen molar-refractivity contribution in [2.75, 3.05) is 33.4 Å². The Balaban J connectivity index is 2.86. The lowest BCUT2D eigenvalue weighted by Gasteiger charge is -2.30. The third-order valence-electron chi connectivity index (χ3n) is 5.07. The van der Waals surface area contributed by atoms with E-state index in [1.165, 1.54) is 0 Å². The van der Waals surface area contributed by atoms with Crippen molar-refractivity contribution in [3.05, 3.63) is 24.0 Å². The highest BCUT2D eigenvalue weighted by Gasteiger charge is 2.25. The van der Waals surface area contributed by atoms with E-state index in [1.54, 1.807) is 16.9 Å². The molecule has 0 aliphatic carbocycles. The third kappa shape index (κ3) is 9.79. The number of aryl methyl sites for hydroxylation is 1. The fourth-order valence-corrected chi connectivity index (χ4v) is 3.85. The summed E-state index contributed by atoms with van der Waals surface area (Å²) in [7, 11) is 3.61. The summed E-state index contributed by atoms with van der Waals surface area (Å²) >= 11 is 0. The number of carbonyl (C=O) groups excluding carboxylic acids is 2. The minimum Gasteiger partial charge on any atom is -0.383 e. The zero-order valence-corrected chi connectivity index (χ0v) is 20.4. The van der Waals surface area contributed by atoms with E-state index < -0.39 is 0 Å². The summed E-state index contributed by atoms with van der Waals surface area (Å²) in [5.41, 5.74) is 1.24. The fourth-order valence-electron chi connectivity index (χ4n) is 3.85. The van der Waals surface area contributed by atoms with Crippen LogP contribution in [0.5, 0.6) is 0 Å². The molecular weight excluding hydrogens is 378 g/mol. The molecule has 0 bridgehead atoms. The molecule has 0 aromatic carbocycles. The van der Waals surface area contributed by atoms with E-state index >= 15 is 0 Å². The molecule has 1 aromatic heterocycles. The first kappa shape index (κ1) is 26.2. The summed E-state index contributed by atoms with van der Waals surface area (Å²) in [6, 6.07) is 3.98. The highest BCUT2D eigenvalue weighted by Crippen LogP contribution is 2.26. The second kappa shape index (κ2) is 12.1. The number of aromatic nitrogens is 1. The minimum absolute atomic E-state index is 0.0364. The van der Waals surface area contributed by atoms with Crippen molar-refractivity contribution in [1.29, 1.82) is 0 Å². The number of nitrogens with zero attached hydrogens (tertiary/aromatic N) is 3. The van der Waals surface area contributed by atoms with E-state index in [0.29, 0.717) is 38.6 Å². The standard InChI is InChI=1S/C24H43N3O3/c1-19(2)16-27(22(28)14-20(3)15-24(4,5)6)18-23(29)26(12-13-30-8)17-21-10-9-11-25(21)7/h9-11,19-20H,12-18H2,1-8H3. The van der Waals surface area contributed by atoms with E-state index in [9.17, 15) is 9.59 Å². The summed E-state index contributed by atoms with van der Waals surface area (Å²) in [5.74, 6) is 0.625. The number of hydrogen-bond donors (Lipinski definition) is 0. The average Bonchev–Trinajstić information content (AvgIpc) is 3.00. The van der Waals surface area contributed by atoms with Gasteiger partial charge in [-0.15, -0.1) is 0 Å². The Hall–Kier alpha value is -1.82. The van der Waals surface area contributed by atoms with Crippen molar-refractivity contribution in [3.8, 4) is 0 Å². The first-order chi connectivity index (χ1) is 13.9. The van der Waals surface area contributed by atoms with Gasteiger partial charge in [0.15, 0.2) is 0 Å². The molecule has 0 radical (unpaired) electrons. The zero-order chi connectivity index (χ0) is 22.9. The van der Waals surface area contributed by atoms with Crippen LogP contribution in [0.2, 0.25) is 0 Å². The van der Waals surface area contributed by atoms with Crippen molar-refractivity contribution in [3.63, 3.8) is 0 Å². The normalized spacial score (nSPS) is 12.8. The van der Waals surface area contributed by atoms with Gasteiger partial charge in [0.05, 0.1) is 19.7 Å². The van der Waals surface area contributed by atoms with Gasteiger partial charge in [0.2, 0.25) is 11.8 Å². The van der Waals surface area contributed by atoms with Gasteiger partial charge < -0.3 is 19.1 Å². The van der Waals surface area contributed by atoms with Gasteiger partial charge >= 0.3 is 0 Å². The summed E-state index contributed by atoms with van der Waals surface area (Å²) in [6.45, 7) is 15.1. The van der Waals surface area contributed by atoms with Crippen LogP contribution in [0.25, 0.3) is 0 Å². The first-order valence-corrected chi connectivity index (χ1v) is 11.1. The molecular formula is C24H43N3O3. The van der Waals surface area contributed by atoms with E-state index in [2.05, 4.69) is 41.5 Å². The van der Waals surface area contributed by atoms with E-state index in [0.717, 1.165) is 12.1 Å². The van der Waals surface area contributed by atoms with Crippen LogP contribution in [0.4, 0.5) is 0 Å². The van der Waals surface area contributed by atoms with Crippen LogP contribution < -0.4 is 0 Å². The molecule has 1 heterocycles. The van der Waals surface area contributed by atoms with Gasteiger partial charge in [0, 0.05) is 45.6 Å². The van der Waals surface area contributed by atoms with E-state index in [-0.39, 0.29) is 29.7 Å². The van der Waals surface area contributed by atoms with Crippen molar-refractivity contribution in [2.24, 2.45) is 24.3 Å². The number of amides is 2. The molecule has 0 saturated heterocycles. The molecule has 6 nitrogen and oxygen atoms in total. The topological polar surface area (TPSA) is 54.8 Å². The molecule has 30 heavy (non-hydrogen) atoms. The van der Waals surface area contributed by atoms with E-state index in [1.807, 2.05) is 29.9 Å². The molecule has 172 valence electrons. The number of carbonyl (C=O) groups is 2. The zero-order valence-electron chi connectivity index (χ0n) is 20.4. The van der Waals surface area contributed by atoms with Crippen LogP contribution in [0.3, 0.4) is 0 Å². The Morgan fingerprint density at radius 2 is 1.80 bits per heavy atom. The first-order valence-electron chi connectivity index (χ1n) is 11.1. The van der Waals surface area contributed by atoms with Crippen molar-refractivity contribution < 1.29 is 14.3 Å². The lowest BCUT2D eigenvalue weighted by molar-refractivity contribution is -0.142. The number of hydrogen-bond acceptors (Lipinski definition) is 3. The maximum Gasteiger partial charge on any atom is 0.242 e. The number of ether oxygens (including phenoxy) is 1. The van der Waals surface area contributed by atoms with Crippen molar-refractivity contribution in [2.45, 2.75) is 60.9 Å². The van der Waals surface area contributed by atoms with Gasteiger partial charge in [0.1, 0.15) is 0 Å². The smallest absolute Gasteiger partial charge is 0.242 e. The molecule has 1 atom stereocenters. The molecule has 0 fully saturated rings. The predicted octanol–water partition coefficient (Wildman–Crippen LogP) is 3.95. The summed E-state index contributed by atoms with van der Waals surface area (Å²) in [6.07, 6.45) is 3.43. The molecule has 6 heteroatoms. The van der Waals surface area contributed by atoms with Crippen LogP contribution in [-0.4, -0.2) is 59.5 Å². The molecule has 0 aliphatic rings. The Bertz CT molecular complexity index is 661. The highest BCUT2D eigenvalue weighted by molar-refractivity contribution is 5.85. The highest BCUT2D eigenvalue weighted by atomic mass is 16.5. The average molecular weight is 422 g/mol. The van der Waals surface area contributed by atoms with Crippen molar-refractivity contribution >= 4 is 11.8 Å². The molecule has 1 unspecified atom stereocenters. The summed E-state index contributed by atoms with van der Waals surface area (Å²) in [4.78, 5) is 29.7. The molecule has 0 saturated carbocycles. The SMILES string of the molecule is COCCN(Cc1cccn1C)C(=O)CN(CC(C)C)C(=O)CC(C)CC(C)(C)C. The van der Waals surface area contributed by atoms with Gasteiger partial charge in [0.25, 0.3) is 0 Å². The molecule has 0 spiro atoms. The van der Waals surface area contributed by atoms with E-state index in [4.69, 9.17) is 4.74 Å².